The molecule has 0 aliphatic carbocycles. The minimum absolute atomic E-state index is 0.0800. The second-order valence-corrected chi connectivity index (χ2v) is 4.28. The first-order valence-corrected chi connectivity index (χ1v) is 5.65. The summed E-state index contributed by atoms with van der Waals surface area (Å²) in [4.78, 5) is 0. The summed E-state index contributed by atoms with van der Waals surface area (Å²) < 4.78 is 15.7. The molecule has 0 bridgehead atoms. The van der Waals surface area contributed by atoms with E-state index in [2.05, 4.69) is 0 Å². The van der Waals surface area contributed by atoms with Crippen LogP contribution in [0.2, 0.25) is 0 Å². The van der Waals surface area contributed by atoms with Gasteiger partial charge in [-0.3, -0.25) is 0 Å². The molecule has 4 heteroatoms. The molecule has 1 fully saturated rings. The smallest absolute Gasteiger partial charge is 0.122 e. The van der Waals surface area contributed by atoms with E-state index in [-0.39, 0.29) is 5.41 Å². The van der Waals surface area contributed by atoms with Crippen molar-refractivity contribution in [3.8, 4) is 11.5 Å². The molecule has 0 radical (unpaired) electrons. The normalized spacial score (nSPS) is 17.7. The van der Waals surface area contributed by atoms with Crippen LogP contribution in [0.3, 0.4) is 0 Å². The maximum absolute atomic E-state index is 6.02. The average molecular weight is 243 g/mol. The van der Waals surface area contributed by atoms with Gasteiger partial charge in [-0.2, -0.15) is 0 Å². The number of hydrogen-bond acceptors (Lipinski definition) is 3. The predicted molar refractivity (Wildman–Crippen MR) is 62.8 cm³/mol. The van der Waals surface area contributed by atoms with Crippen molar-refractivity contribution in [1.82, 2.24) is 0 Å². The minimum atomic E-state index is -0.0800. The quantitative estimate of drug-likeness (QED) is 0.758. The van der Waals surface area contributed by atoms with Crippen molar-refractivity contribution in [2.45, 2.75) is 5.41 Å². The van der Waals surface area contributed by atoms with E-state index in [9.17, 15) is 0 Å². The van der Waals surface area contributed by atoms with Crippen LogP contribution in [0.4, 0.5) is 0 Å². The van der Waals surface area contributed by atoms with Crippen molar-refractivity contribution in [2.24, 2.45) is 0 Å². The standard InChI is InChI=1S/C12H15ClO3/c1-14-10-3-9(4-11(5-10)15-2)12(6-13)7-16-8-12/h3-5H,6-8H2,1-2H3. The van der Waals surface area contributed by atoms with Crippen molar-refractivity contribution in [2.75, 3.05) is 33.3 Å². The number of ether oxygens (including phenoxy) is 3. The number of rotatable bonds is 4. The second-order valence-electron chi connectivity index (χ2n) is 4.01. The van der Waals surface area contributed by atoms with Gasteiger partial charge in [0.15, 0.2) is 0 Å². The molecular weight excluding hydrogens is 228 g/mol. The van der Waals surface area contributed by atoms with Crippen LogP contribution in [0, 0.1) is 0 Å². The molecule has 1 saturated heterocycles. The molecule has 1 aromatic carbocycles. The zero-order valence-corrected chi connectivity index (χ0v) is 10.2. The van der Waals surface area contributed by atoms with E-state index in [1.165, 1.54) is 0 Å². The predicted octanol–water partition coefficient (Wildman–Crippen LogP) is 2.21. The van der Waals surface area contributed by atoms with Crippen LogP contribution in [-0.2, 0) is 10.2 Å². The first-order valence-electron chi connectivity index (χ1n) is 5.11. The lowest BCUT2D eigenvalue weighted by Crippen LogP contribution is -2.48. The third-order valence-corrected chi connectivity index (χ3v) is 3.49. The highest BCUT2D eigenvalue weighted by atomic mass is 35.5. The van der Waals surface area contributed by atoms with E-state index in [1.54, 1.807) is 14.2 Å². The Bertz CT molecular complexity index is 347. The Morgan fingerprint density at radius 2 is 1.75 bits per heavy atom. The van der Waals surface area contributed by atoms with E-state index in [0.717, 1.165) is 17.1 Å². The summed E-state index contributed by atoms with van der Waals surface area (Å²) in [5, 5.41) is 0. The van der Waals surface area contributed by atoms with E-state index < -0.39 is 0 Å². The molecule has 0 aromatic heterocycles. The van der Waals surface area contributed by atoms with Crippen LogP contribution in [0.5, 0.6) is 11.5 Å². The molecule has 1 aliphatic rings. The van der Waals surface area contributed by atoms with Gasteiger partial charge in [-0.05, 0) is 17.7 Å². The molecule has 0 spiro atoms. The second kappa shape index (κ2) is 4.52. The highest BCUT2D eigenvalue weighted by Gasteiger charge is 2.40. The molecule has 2 rings (SSSR count). The highest BCUT2D eigenvalue weighted by Crippen LogP contribution is 2.37. The number of methoxy groups -OCH3 is 2. The number of benzene rings is 1. The molecule has 3 nitrogen and oxygen atoms in total. The van der Waals surface area contributed by atoms with E-state index in [4.69, 9.17) is 25.8 Å². The molecule has 1 heterocycles. The van der Waals surface area contributed by atoms with Gasteiger partial charge in [0.2, 0.25) is 0 Å². The SMILES string of the molecule is COc1cc(OC)cc(C2(CCl)COC2)c1. The van der Waals surface area contributed by atoms with Crippen LogP contribution in [0.1, 0.15) is 5.56 Å². The molecule has 0 N–H and O–H groups in total. The van der Waals surface area contributed by atoms with Crippen molar-refractivity contribution in [3.05, 3.63) is 23.8 Å². The van der Waals surface area contributed by atoms with Crippen molar-refractivity contribution in [3.63, 3.8) is 0 Å². The fourth-order valence-electron chi connectivity index (χ4n) is 1.78. The molecule has 0 saturated carbocycles. The van der Waals surface area contributed by atoms with E-state index in [1.807, 2.05) is 18.2 Å². The Hall–Kier alpha value is -0.930. The highest BCUT2D eigenvalue weighted by molar-refractivity contribution is 6.18. The zero-order valence-electron chi connectivity index (χ0n) is 9.46. The Morgan fingerprint density at radius 3 is 2.06 bits per heavy atom. The van der Waals surface area contributed by atoms with Crippen molar-refractivity contribution >= 4 is 11.6 Å². The summed E-state index contributed by atoms with van der Waals surface area (Å²) in [6, 6.07) is 5.84. The van der Waals surface area contributed by atoms with Gasteiger partial charge < -0.3 is 14.2 Å². The Kier molecular flexibility index (Phi) is 3.26. The maximum atomic E-state index is 6.02. The third kappa shape index (κ3) is 1.85. The maximum Gasteiger partial charge on any atom is 0.122 e. The van der Waals surface area contributed by atoms with Gasteiger partial charge in [-0.1, -0.05) is 0 Å². The molecule has 0 amide bonds. The van der Waals surface area contributed by atoms with Crippen LogP contribution in [0.15, 0.2) is 18.2 Å². The number of hydrogen-bond donors (Lipinski definition) is 0. The van der Waals surface area contributed by atoms with Gasteiger partial charge in [0.05, 0.1) is 32.8 Å². The Balaban J connectivity index is 2.39. The molecule has 88 valence electrons. The van der Waals surface area contributed by atoms with Gasteiger partial charge >= 0.3 is 0 Å². The lowest BCUT2D eigenvalue weighted by molar-refractivity contribution is -0.0481. The number of halogens is 1. The largest absolute Gasteiger partial charge is 0.497 e. The van der Waals surface area contributed by atoms with Crippen LogP contribution in [0.25, 0.3) is 0 Å². The Morgan fingerprint density at radius 1 is 1.19 bits per heavy atom. The van der Waals surface area contributed by atoms with Gasteiger partial charge in [0.1, 0.15) is 11.5 Å². The molecule has 16 heavy (non-hydrogen) atoms. The third-order valence-electron chi connectivity index (χ3n) is 2.98. The van der Waals surface area contributed by atoms with Crippen LogP contribution >= 0.6 is 11.6 Å². The average Bonchev–Trinajstić information content (AvgIpc) is 2.28. The fraction of sp³-hybridized carbons (Fsp3) is 0.500. The first kappa shape index (κ1) is 11.6. The fourth-order valence-corrected chi connectivity index (χ4v) is 2.09. The van der Waals surface area contributed by atoms with E-state index in [0.29, 0.717) is 19.1 Å². The summed E-state index contributed by atoms with van der Waals surface area (Å²) in [7, 11) is 3.28. The van der Waals surface area contributed by atoms with Crippen molar-refractivity contribution in [1.29, 1.82) is 0 Å². The molecule has 1 aliphatic heterocycles. The zero-order chi connectivity index (χ0) is 11.6. The monoisotopic (exact) mass is 242 g/mol. The lowest BCUT2D eigenvalue weighted by atomic mass is 9.80. The summed E-state index contributed by atoms with van der Waals surface area (Å²) in [6.45, 7) is 1.32. The van der Waals surface area contributed by atoms with Crippen molar-refractivity contribution < 1.29 is 14.2 Å². The summed E-state index contributed by atoms with van der Waals surface area (Å²) >= 11 is 6.02. The summed E-state index contributed by atoms with van der Waals surface area (Å²) in [6.07, 6.45) is 0. The topological polar surface area (TPSA) is 27.7 Å². The molecule has 0 unspecified atom stereocenters. The van der Waals surface area contributed by atoms with Crippen LogP contribution in [-0.4, -0.2) is 33.3 Å². The van der Waals surface area contributed by atoms with Gasteiger partial charge in [-0.25, -0.2) is 0 Å². The first-order chi connectivity index (χ1) is 7.74. The van der Waals surface area contributed by atoms with Gasteiger partial charge in [0.25, 0.3) is 0 Å². The van der Waals surface area contributed by atoms with Gasteiger partial charge in [0, 0.05) is 11.9 Å². The molecular formula is C12H15ClO3. The van der Waals surface area contributed by atoms with E-state index >= 15 is 0 Å². The van der Waals surface area contributed by atoms with Gasteiger partial charge in [-0.15, -0.1) is 11.6 Å². The Labute approximate surface area is 100 Å². The summed E-state index contributed by atoms with van der Waals surface area (Å²) in [5.74, 6) is 2.11. The summed E-state index contributed by atoms with van der Waals surface area (Å²) in [5.41, 5.74) is 1.04. The van der Waals surface area contributed by atoms with Crippen LogP contribution < -0.4 is 9.47 Å². The molecule has 0 atom stereocenters. The molecule has 1 aromatic rings. The minimum Gasteiger partial charge on any atom is -0.497 e. The lowest BCUT2D eigenvalue weighted by Gasteiger charge is -2.40. The number of alkyl halides is 1.